The van der Waals surface area contributed by atoms with Crippen LogP contribution >= 0.6 is 0 Å². The third-order valence-corrected chi connectivity index (χ3v) is 4.98. The number of carboxylic acids is 1. The van der Waals surface area contributed by atoms with Crippen LogP contribution in [0, 0.1) is 5.92 Å². The first-order valence-electron chi connectivity index (χ1n) is 8.83. The summed E-state index contributed by atoms with van der Waals surface area (Å²) in [5.41, 5.74) is 1.84. The summed E-state index contributed by atoms with van der Waals surface area (Å²) in [4.78, 5) is 25.9. The summed E-state index contributed by atoms with van der Waals surface area (Å²) in [7, 11) is 3.16. The van der Waals surface area contributed by atoms with Gasteiger partial charge in [0, 0.05) is 13.0 Å². The monoisotopic (exact) mass is 369 g/mol. The number of carbonyl (C=O) groups is 2. The minimum Gasteiger partial charge on any atom is -0.493 e. The van der Waals surface area contributed by atoms with Gasteiger partial charge in [0.15, 0.2) is 11.5 Å². The quantitative estimate of drug-likeness (QED) is 0.812. The summed E-state index contributed by atoms with van der Waals surface area (Å²) < 4.78 is 10.6. The number of methoxy groups -OCH3 is 2. The highest BCUT2D eigenvalue weighted by atomic mass is 16.5. The fraction of sp³-hybridized carbons (Fsp3) is 0.333. The molecule has 1 aliphatic heterocycles. The molecule has 2 atom stereocenters. The van der Waals surface area contributed by atoms with Gasteiger partial charge < -0.3 is 19.5 Å². The Morgan fingerprint density at radius 1 is 1.11 bits per heavy atom. The number of aliphatic carboxylic acids is 1. The van der Waals surface area contributed by atoms with Crippen LogP contribution in [0.15, 0.2) is 48.5 Å². The van der Waals surface area contributed by atoms with E-state index in [9.17, 15) is 14.7 Å². The molecule has 142 valence electrons. The molecule has 1 fully saturated rings. The molecule has 1 saturated heterocycles. The summed E-state index contributed by atoms with van der Waals surface area (Å²) in [6.07, 6.45) is 0.628. The number of likely N-dealkylation sites (tertiary alicyclic amines) is 1. The first-order valence-corrected chi connectivity index (χ1v) is 8.83. The fourth-order valence-corrected chi connectivity index (χ4v) is 3.62. The summed E-state index contributed by atoms with van der Waals surface area (Å²) >= 11 is 0. The normalized spacial score (nSPS) is 19.2. The van der Waals surface area contributed by atoms with Crippen LogP contribution in [0.2, 0.25) is 0 Å². The minimum absolute atomic E-state index is 0.0286. The molecule has 1 amide bonds. The maximum Gasteiger partial charge on any atom is 0.309 e. The minimum atomic E-state index is -0.939. The predicted molar refractivity (Wildman–Crippen MR) is 99.9 cm³/mol. The van der Waals surface area contributed by atoms with E-state index in [-0.39, 0.29) is 12.3 Å². The third kappa shape index (κ3) is 3.89. The van der Waals surface area contributed by atoms with E-state index in [4.69, 9.17) is 9.47 Å². The zero-order valence-corrected chi connectivity index (χ0v) is 15.4. The second kappa shape index (κ2) is 8.12. The van der Waals surface area contributed by atoms with E-state index in [0.29, 0.717) is 24.5 Å². The molecule has 0 aromatic heterocycles. The average Bonchev–Trinajstić information content (AvgIpc) is 3.03. The maximum atomic E-state index is 12.5. The van der Waals surface area contributed by atoms with Crippen LogP contribution in [0.4, 0.5) is 0 Å². The number of amides is 1. The van der Waals surface area contributed by atoms with Gasteiger partial charge in [0.2, 0.25) is 5.91 Å². The Morgan fingerprint density at radius 3 is 2.44 bits per heavy atom. The lowest BCUT2D eigenvalue weighted by Crippen LogP contribution is -2.32. The van der Waals surface area contributed by atoms with Crippen molar-refractivity contribution in [2.24, 2.45) is 5.92 Å². The molecular weight excluding hydrogens is 346 g/mol. The molecule has 1 heterocycles. The molecule has 0 spiro atoms. The molecule has 6 nitrogen and oxygen atoms in total. The van der Waals surface area contributed by atoms with Crippen molar-refractivity contribution in [1.82, 2.24) is 4.90 Å². The van der Waals surface area contributed by atoms with E-state index in [1.165, 1.54) is 0 Å². The Bertz CT molecular complexity index is 821. The van der Waals surface area contributed by atoms with E-state index >= 15 is 0 Å². The first kappa shape index (κ1) is 18.8. The van der Waals surface area contributed by atoms with Crippen molar-refractivity contribution in [3.63, 3.8) is 0 Å². The Balaban J connectivity index is 1.82. The van der Waals surface area contributed by atoms with Gasteiger partial charge in [0.25, 0.3) is 0 Å². The van der Waals surface area contributed by atoms with Crippen LogP contribution in [-0.4, -0.2) is 42.6 Å². The molecule has 0 saturated carbocycles. The highest BCUT2D eigenvalue weighted by Gasteiger charge is 2.44. The summed E-state index contributed by atoms with van der Waals surface area (Å²) in [5.74, 6) is -0.523. The smallest absolute Gasteiger partial charge is 0.309 e. The number of benzene rings is 2. The maximum absolute atomic E-state index is 12.5. The van der Waals surface area contributed by atoms with Crippen molar-refractivity contribution in [1.29, 1.82) is 0 Å². The van der Waals surface area contributed by atoms with Gasteiger partial charge in [-0.25, -0.2) is 0 Å². The van der Waals surface area contributed by atoms with Crippen molar-refractivity contribution in [3.05, 3.63) is 59.7 Å². The number of rotatable bonds is 7. The SMILES string of the molecule is COc1ccc(CCN2C(=O)C[C@H](C(=O)O)[C@@H]2c2ccccc2)cc1OC. The van der Waals surface area contributed by atoms with Crippen LogP contribution in [0.3, 0.4) is 0 Å². The number of ether oxygens (including phenoxy) is 2. The van der Waals surface area contributed by atoms with E-state index in [1.807, 2.05) is 48.5 Å². The molecular formula is C21H23NO5. The molecule has 2 aromatic rings. The standard InChI is InChI=1S/C21H23NO5/c1-26-17-9-8-14(12-18(17)27-2)10-11-22-19(23)13-16(21(24)25)20(22)15-6-4-3-5-7-15/h3-9,12,16,20H,10-11,13H2,1-2H3,(H,24,25)/t16-,20-/m0/s1. The van der Waals surface area contributed by atoms with E-state index in [0.717, 1.165) is 11.1 Å². The van der Waals surface area contributed by atoms with Crippen LogP contribution in [-0.2, 0) is 16.0 Å². The molecule has 27 heavy (non-hydrogen) atoms. The molecule has 3 rings (SSSR count). The summed E-state index contributed by atoms with van der Waals surface area (Å²) in [6.45, 7) is 0.442. The largest absolute Gasteiger partial charge is 0.493 e. The van der Waals surface area contributed by atoms with Crippen LogP contribution in [0.1, 0.15) is 23.6 Å². The molecule has 6 heteroatoms. The predicted octanol–water partition coefficient (Wildman–Crippen LogP) is 2.92. The van der Waals surface area contributed by atoms with Crippen LogP contribution in [0.5, 0.6) is 11.5 Å². The molecule has 0 aliphatic carbocycles. The Kier molecular flexibility index (Phi) is 5.64. The second-order valence-corrected chi connectivity index (χ2v) is 6.53. The number of carboxylic acid groups (broad SMARTS) is 1. The Labute approximate surface area is 158 Å². The van der Waals surface area contributed by atoms with Gasteiger partial charge in [-0.15, -0.1) is 0 Å². The summed E-state index contributed by atoms with van der Waals surface area (Å²) in [5, 5.41) is 9.58. The van der Waals surface area contributed by atoms with Crippen LogP contribution < -0.4 is 9.47 Å². The highest BCUT2D eigenvalue weighted by molar-refractivity contribution is 5.87. The average molecular weight is 369 g/mol. The lowest BCUT2D eigenvalue weighted by Gasteiger charge is -2.27. The number of hydrogen-bond donors (Lipinski definition) is 1. The second-order valence-electron chi connectivity index (χ2n) is 6.53. The molecule has 1 N–H and O–H groups in total. The number of carbonyl (C=O) groups excluding carboxylic acids is 1. The molecule has 0 radical (unpaired) electrons. The van der Waals surface area contributed by atoms with E-state index in [2.05, 4.69) is 0 Å². The van der Waals surface area contributed by atoms with E-state index < -0.39 is 17.9 Å². The van der Waals surface area contributed by atoms with Crippen molar-refractivity contribution >= 4 is 11.9 Å². The third-order valence-electron chi connectivity index (χ3n) is 4.98. The molecule has 2 aromatic carbocycles. The fourth-order valence-electron chi connectivity index (χ4n) is 3.62. The lowest BCUT2D eigenvalue weighted by molar-refractivity contribution is -0.142. The van der Waals surface area contributed by atoms with Crippen molar-refractivity contribution < 1.29 is 24.2 Å². The number of nitrogens with zero attached hydrogens (tertiary/aromatic N) is 1. The number of hydrogen-bond acceptors (Lipinski definition) is 4. The zero-order chi connectivity index (χ0) is 19.4. The summed E-state index contributed by atoms with van der Waals surface area (Å²) in [6, 6.07) is 14.5. The zero-order valence-electron chi connectivity index (χ0n) is 15.4. The molecule has 1 aliphatic rings. The highest BCUT2D eigenvalue weighted by Crippen LogP contribution is 2.38. The van der Waals surface area contributed by atoms with Crippen molar-refractivity contribution in [2.75, 3.05) is 20.8 Å². The molecule has 0 bridgehead atoms. The van der Waals surface area contributed by atoms with Gasteiger partial charge in [-0.2, -0.15) is 0 Å². The molecule has 0 unspecified atom stereocenters. The topological polar surface area (TPSA) is 76.1 Å². The van der Waals surface area contributed by atoms with Gasteiger partial charge in [-0.05, 0) is 29.7 Å². The Hall–Kier alpha value is -3.02. The van der Waals surface area contributed by atoms with Gasteiger partial charge in [-0.1, -0.05) is 36.4 Å². The van der Waals surface area contributed by atoms with Crippen molar-refractivity contribution in [3.8, 4) is 11.5 Å². The Morgan fingerprint density at radius 2 is 1.81 bits per heavy atom. The van der Waals surface area contributed by atoms with Crippen molar-refractivity contribution in [2.45, 2.75) is 18.9 Å². The first-order chi connectivity index (χ1) is 13.0. The van der Waals surface area contributed by atoms with Gasteiger partial charge >= 0.3 is 5.97 Å². The lowest BCUT2D eigenvalue weighted by atomic mass is 9.93. The van der Waals surface area contributed by atoms with E-state index in [1.54, 1.807) is 19.1 Å². The van der Waals surface area contributed by atoms with Gasteiger partial charge in [0.1, 0.15) is 0 Å². The van der Waals surface area contributed by atoms with Gasteiger partial charge in [0.05, 0.1) is 26.2 Å². The van der Waals surface area contributed by atoms with Crippen LogP contribution in [0.25, 0.3) is 0 Å². The van der Waals surface area contributed by atoms with Gasteiger partial charge in [-0.3, -0.25) is 9.59 Å².